The molecule has 2 aliphatic rings. The highest BCUT2D eigenvalue weighted by atomic mass is 35.5. The van der Waals surface area contributed by atoms with Gasteiger partial charge in [0, 0.05) is 22.7 Å². The summed E-state index contributed by atoms with van der Waals surface area (Å²) in [5, 5.41) is 16.4. The molecule has 0 spiro atoms. The fraction of sp³-hybridized carbons (Fsp3) is 0.500. The van der Waals surface area contributed by atoms with Crippen LogP contribution in [0.4, 0.5) is 13.2 Å². The Labute approximate surface area is 182 Å². The third-order valence-corrected chi connectivity index (χ3v) is 6.84. The molecule has 5 nitrogen and oxygen atoms in total. The largest absolute Gasteiger partial charge is 0.481 e. The molecule has 31 heavy (non-hydrogen) atoms. The fourth-order valence-electron chi connectivity index (χ4n) is 4.98. The van der Waals surface area contributed by atoms with Crippen molar-refractivity contribution in [2.75, 3.05) is 0 Å². The molecule has 0 bridgehead atoms. The number of hydrogen-bond donors (Lipinski definition) is 2. The monoisotopic (exact) mass is 454 g/mol. The highest BCUT2D eigenvalue weighted by Crippen LogP contribution is 2.45. The number of H-pyrrole nitrogens is 1. The number of hydrogen-bond acceptors (Lipinski definition) is 3. The molecule has 2 N–H and O–H groups in total. The van der Waals surface area contributed by atoms with Gasteiger partial charge in [0.2, 0.25) is 0 Å². The van der Waals surface area contributed by atoms with E-state index in [9.17, 15) is 27.9 Å². The molecule has 1 fully saturated rings. The molecule has 1 unspecified atom stereocenters. The number of fused-ring (bicyclic) bond motifs is 1. The Morgan fingerprint density at radius 3 is 2.48 bits per heavy atom. The van der Waals surface area contributed by atoms with Crippen molar-refractivity contribution in [2.24, 2.45) is 5.92 Å². The number of ketones is 1. The number of rotatable bonds is 4. The first kappa shape index (κ1) is 21.9. The topological polar surface area (TPSA) is 83.0 Å². The van der Waals surface area contributed by atoms with Crippen molar-refractivity contribution in [2.45, 2.75) is 63.0 Å². The van der Waals surface area contributed by atoms with E-state index in [1.807, 2.05) is 0 Å². The highest BCUT2D eigenvalue weighted by molar-refractivity contribution is 6.34. The summed E-state index contributed by atoms with van der Waals surface area (Å²) in [6, 6.07) is 3.38. The molecule has 2 aliphatic carbocycles. The third-order valence-electron chi connectivity index (χ3n) is 6.53. The number of nitrogens with one attached hydrogen (secondary N) is 1. The van der Waals surface area contributed by atoms with Crippen LogP contribution in [0.25, 0.3) is 0 Å². The second-order valence-corrected chi connectivity index (χ2v) is 8.76. The van der Waals surface area contributed by atoms with Crippen LogP contribution in [0, 0.1) is 5.92 Å². The summed E-state index contributed by atoms with van der Waals surface area (Å²) in [5.41, 5.74) is 0.640. The van der Waals surface area contributed by atoms with Gasteiger partial charge in [-0.2, -0.15) is 18.3 Å². The maximum atomic E-state index is 13.6. The molecule has 0 radical (unpaired) electrons. The zero-order valence-corrected chi connectivity index (χ0v) is 17.4. The summed E-state index contributed by atoms with van der Waals surface area (Å²) in [6.45, 7) is 0. The lowest BCUT2D eigenvalue weighted by molar-refractivity contribution is -0.143. The van der Waals surface area contributed by atoms with Crippen molar-refractivity contribution in [3.8, 4) is 0 Å². The number of carboxylic acids is 1. The standard InChI is InChI=1S/C22H22ClF3N2O3/c23-15-5-2-4-14(22(24,25)26)18(15)20(29)13-3-1-6-16-17(13)19(28-27-16)11-7-9-12(10-8-11)21(30)31/h2,4-5,11-13H,1,3,6-10H2,(H,27,28)(H,30,31). The number of aliphatic carboxylic acids is 1. The van der Waals surface area contributed by atoms with E-state index in [-0.39, 0.29) is 16.9 Å². The number of Topliss-reactive ketones (excluding diaryl/α,β-unsaturated/α-hetero) is 1. The van der Waals surface area contributed by atoms with E-state index in [2.05, 4.69) is 10.2 Å². The average molecular weight is 455 g/mol. The van der Waals surface area contributed by atoms with Crippen molar-refractivity contribution in [3.63, 3.8) is 0 Å². The number of alkyl halides is 3. The third kappa shape index (κ3) is 4.10. The van der Waals surface area contributed by atoms with E-state index in [1.165, 1.54) is 12.1 Å². The van der Waals surface area contributed by atoms with Crippen LogP contribution >= 0.6 is 11.6 Å². The van der Waals surface area contributed by atoms with Crippen molar-refractivity contribution >= 4 is 23.4 Å². The normalized spacial score (nSPS) is 23.9. The first-order valence-corrected chi connectivity index (χ1v) is 10.8. The van der Waals surface area contributed by atoms with Crippen LogP contribution in [0.15, 0.2) is 18.2 Å². The summed E-state index contributed by atoms with van der Waals surface area (Å²) in [7, 11) is 0. The van der Waals surface area contributed by atoms with Gasteiger partial charge in [0.15, 0.2) is 5.78 Å². The van der Waals surface area contributed by atoms with Crippen LogP contribution < -0.4 is 0 Å². The van der Waals surface area contributed by atoms with Crippen LogP contribution in [0.1, 0.15) is 83.2 Å². The predicted molar refractivity (Wildman–Crippen MR) is 107 cm³/mol. The second kappa shape index (κ2) is 8.30. The summed E-state index contributed by atoms with van der Waals surface area (Å²) in [5.74, 6) is -2.61. The summed E-state index contributed by atoms with van der Waals surface area (Å²) < 4.78 is 40.8. The van der Waals surface area contributed by atoms with Crippen LogP contribution in [-0.4, -0.2) is 27.1 Å². The number of aromatic nitrogens is 2. The molecule has 1 heterocycles. The van der Waals surface area contributed by atoms with Crippen LogP contribution in [-0.2, 0) is 17.4 Å². The van der Waals surface area contributed by atoms with Gasteiger partial charge >= 0.3 is 12.1 Å². The number of nitrogens with zero attached hydrogens (tertiary/aromatic N) is 1. The molecule has 166 valence electrons. The van der Waals surface area contributed by atoms with Crippen LogP contribution in [0.3, 0.4) is 0 Å². The number of halogens is 4. The Kier molecular flexibility index (Phi) is 5.85. The molecule has 1 atom stereocenters. The van der Waals surface area contributed by atoms with E-state index in [0.717, 1.165) is 11.8 Å². The molecule has 2 aromatic rings. The first-order valence-electron chi connectivity index (χ1n) is 10.4. The number of benzene rings is 1. The minimum atomic E-state index is -4.69. The van der Waals surface area contributed by atoms with Crippen molar-refractivity contribution in [1.82, 2.24) is 10.2 Å². The number of aromatic amines is 1. The van der Waals surface area contributed by atoms with Crippen LogP contribution in [0.5, 0.6) is 0 Å². The van der Waals surface area contributed by atoms with Gasteiger partial charge in [-0.1, -0.05) is 17.7 Å². The number of carbonyl (C=O) groups excluding carboxylic acids is 1. The van der Waals surface area contributed by atoms with E-state index >= 15 is 0 Å². The molecule has 1 aromatic heterocycles. The Morgan fingerprint density at radius 2 is 1.84 bits per heavy atom. The van der Waals surface area contributed by atoms with Gasteiger partial charge in [0.1, 0.15) is 0 Å². The van der Waals surface area contributed by atoms with E-state index in [4.69, 9.17) is 11.6 Å². The molecule has 1 saturated carbocycles. The van der Waals surface area contributed by atoms with Gasteiger partial charge in [0.25, 0.3) is 0 Å². The number of carboxylic acid groups (broad SMARTS) is 1. The van der Waals surface area contributed by atoms with E-state index in [0.29, 0.717) is 56.2 Å². The molecular weight excluding hydrogens is 433 g/mol. The lowest BCUT2D eigenvalue weighted by Gasteiger charge is -2.29. The molecule has 1 aromatic carbocycles. The van der Waals surface area contributed by atoms with Crippen LogP contribution in [0.2, 0.25) is 5.02 Å². The molecule has 9 heteroatoms. The fourth-order valence-corrected chi connectivity index (χ4v) is 5.25. The van der Waals surface area contributed by atoms with Crippen molar-refractivity contribution < 1.29 is 27.9 Å². The van der Waals surface area contributed by atoms with E-state index in [1.54, 1.807) is 0 Å². The molecular formula is C22H22ClF3N2O3. The van der Waals surface area contributed by atoms with Gasteiger partial charge < -0.3 is 5.11 Å². The van der Waals surface area contributed by atoms with E-state index < -0.39 is 35.0 Å². The summed E-state index contributed by atoms with van der Waals surface area (Å²) in [6.07, 6.45) is -0.670. The lowest BCUT2D eigenvalue weighted by atomic mass is 9.74. The molecule has 0 amide bonds. The summed E-state index contributed by atoms with van der Waals surface area (Å²) in [4.78, 5) is 24.7. The van der Waals surface area contributed by atoms with Gasteiger partial charge in [-0.25, -0.2) is 0 Å². The maximum absolute atomic E-state index is 13.6. The van der Waals surface area contributed by atoms with Crippen molar-refractivity contribution in [3.05, 3.63) is 51.3 Å². The minimum Gasteiger partial charge on any atom is -0.481 e. The predicted octanol–water partition coefficient (Wildman–Crippen LogP) is 5.74. The molecule has 0 saturated heterocycles. The lowest BCUT2D eigenvalue weighted by Crippen LogP contribution is -2.25. The minimum absolute atomic E-state index is 0.0164. The SMILES string of the molecule is O=C(O)C1CCC(c2n[nH]c3c2C(C(=O)c2c(Cl)cccc2C(F)(F)F)CCC3)CC1. The average Bonchev–Trinajstić information content (AvgIpc) is 3.17. The van der Waals surface area contributed by atoms with Gasteiger partial charge in [0.05, 0.1) is 28.1 Å². The Balaban J connectivity index is 1.70. The smallest absolute Gasteiger partial charge is 0.417 e. The second-order valence-electron chi connectivity index (χ2n) is 8.36. The van der Waals surface area contributed by atoms with Crippen molar-refractivity contribution in [1.29, 1.82) is 0 Å². The Hall–Kier alpha value is -2.35. The van der Waals surface area contributed by atoms with Gasteiger partial charge in [-0.15, -0.1) is 0 Å². The number of carbonyl (C=O) groups is 2. The zero-order valence-electron chi connectivity index (χ0n) is 16.6. The summed E-state index contributed by atoms with van der Waals surface area (Å²) >= 11 is 6.08. The molecule has 0 aliphatic heterocycles. The van der Waals surface area contributed by atoms with Gasteiger partial charge in [-0.3, -0.25) is 14.7 Å². The quantitative estimate of drug-likeness (QED) is 0.577. The zero-order chi connectivity index (χ0) is 22.3. The first-order chi connectivity index (χ1) is 14.7. The maximum Gasteiger partial charge on any atom is 0.417 e. The van der Waals surface area contributed by atoms with Gasteiger partial charge in [-0.05, 0) is 57.1 Å². The number of aryl methyl sites for hydroxylation is 1. The highest BCUT2D eigenvalue weighted by Gasteiger charge is 2.41. The molecule has 4 rings (SSSR count). The Bertz CT molecular complexity index is 1010. The Morgan fingerprint density at radius 1 is 1.13 bits per heavy atom.